The van der Waals surface area contributed by atoms with Crippen molar-refractivity contribution in [2.75, 3.05) is 5.32 Å². The van der Waals surface area contributed by atoms with E-state index in [1.165, 1.54) is 6.34 Å². The number of rotatable bonds is 6. The number of halogens is 2. The van der Waals surface area contributed by atoms with Crippen LogP contribution in [0.25, 0.3) is 16.6 Å². The molecule has 0 radical (unpaired) electrons. The van der Waals surface area contributed by atoms with Gasteiger partial charge in [0.1, 0.15) is 17.3 Å². The van der Waals surface area contributed by atoms with E-state index in [1.54, 1.807) is 29.1 Å². The van der Waals surface area contributed by atoms with E-state index < -0.39 is 0 Å². The number of nitrogens with two attached hydrogens (primary N) is 1. The maximum absolute atomic E-state index is 6.32. The molecule has 0 amide bonds. The molecule has 1 saturated carbocycles. The average molecular weight is 413 g/mol. The van der Waals surface area contributed by atoms with Crippen molar-refractivity contribution in [3.63, 3.8) is 0 Å². The lowest BCUT2D eigenvalue weighted by atomic mass is 10.2. The number of benzene rings is 1. The van der Waals surface area contributed by atoms with E-state index in [9.17, 15) is 0 Å². The first-order valence-electron chi connectivity index (χ1n) is 8.77. The molecule has 1 aliphatic carbocycles. The zero-order valence-electron chi connectivity index (χ0n) is 14.9. The number of nitrogens with one attached hydrogen (secondary N) is 1. The van der Waals surface area contributed by atoms with Gasteiger partial charge in [-0.3, -0.25) is 0 Å². The lowest BCUT2D eigenvalue weighted by Gasteiger charge is -2.07. The summed E-state index contributed by atoms with van der Waals surface area (Å²) in [6.07, 6.45) is 8.97. The summed E-state index contributed by atoms with van der Waals surface area (Å²) in [7, 11) is 0. The smallest absolute Gasteiger partial charge is 0.142 e. The van der Waals surface area contributed by atoms with Crippen molar-refractivity contribution in [3.8, 4) is 5.69 Å². The first-order chi connectivity index (χ1) is 13.6. The minimum atomic E-state index is 0.511. The van der Waals surface area contributed by atoms with Crippen molar-refractivity contribution in [1.29, 1.82) is 0 Å². The Morgan fingerprint density at radius 1 is 1.29 bits per heavy atom. The number of pyridine rings is 1. The van der Waals surface area contributed by atoms with Crippen molar-refractivity contribution in [1.82, 2.24) is 14.8 Å². The molecule has 0 unspecified atom stereocenters. The average Bonchev–Trinajstić information content (AvgIpc) is 3.42. The van der Waals surface area contributed by atoms with Gasteiger partial charge in [0, 0.05) is 12.4 Å². The fraction of sp³-hybridized carbons (Fsp3) is 0.150. The molecule has 0 saturated heterocycles. The predicted molar refractivity (Wildman–Crippen MR) is 115 cm³/mol. The summed E-state index contributed by atoms with van der Waals surface area (Å²) in [5, 5.41) is 9.63. The molecule has 3 aromatic rings. The van der Waals surface area contributed by atoms with E-state index in [4.69, 9.17) is 28.9 Å². The van der Waals surface area contributed by atoms with Crippen molar-refractivity contribution in [2.24, 2.45) is 16.6 Å². The molecule has 1 aromatic carbocycles. The number of anilines is 1. The van der Waals surface area contributed by atoms with Crippen LogP contribution in [-0.4, -0.2) is 21.1 Å². The third-order valence-electron chi connectivity index (χ3n) is 4.48. The highest BCUT2D eigenvalue weighted by Crippen LogP contribution is 2.37. The minimum absolute atomic E-state index is 0.511. The molecule has 8 heteroatoms. The SMILES string of the molecule is C=C(/C=C(\N=C/N)Nc1nccc2nn(-c3c(Cl)cccc3Cl)cc12)C1CC1. The molecule has 2 aromatic heterocycles. The van der Waals surface area contributed by atoms with Gasteiger partial charge in [0.15, 0.2) is 0 Å². The Kier molecular flexibility index (Phi) is 5.07. The maximum Gasteiger partial charge on any atom is 0.142 e. The maximum atomic E-state index is 6.32. The number of allylic oxidation sites excluding steroid dienone is 2. The summed E-state index contributed by atoms with van der Waals surface area (Å²) < 4.78 is 1.65. The Morgan fingerprint density at radius 2 is 2.04 bits per heavy atom. The van der Waals surface area contributed by atoms with Crippen LogP contribution in [0.15, 0.2) is 65.7 Å². The Balaban J connectivity index is 1.74. The highest BCUT2D eigenvalue weighted by molar-refractivity contribution is 6.37. The molecule has 142 valence electrons. The van der Waals surface area contributed by atoms with E-state index in [0.717, 1.165) is 29.3 Å². The van der Waals surface area contributed by atoms with Crippen LogP contribution in [0.4, 0.5) is 5.82 Å². The van der Waals surface area contributed by atoms with E-state index in [-0.39, 0.29) is 0 Å². The zero-order chi connectivity index (χ0) is 19.7. The lowest BCUT2D eigenvalue weighted by molar-refractivity contribution is 0.897. The van der Waals surface area contributed by atoms with Gasteiger partial charge in [0.25, 0.3) is 0 Å². The third-order valence-corrected chi connectivity index (χ3v) is 5.09. The number of fused-ring (bicyclic) bond motifs is 1. The first kappa shape index (κ1) is 18.5. The van der Waals surface area contributed by atoms with Crippen molar-refractivity contribution in [3.05, 3.63) is 70.8 Å². The number of nitrogens with zero attached hydrogens (tertiary/aromatic N) is 4. The van der Waals surface area contributed by atoms with Gasteiger partial charge in [-0.15, -0.1) is 0 Å². The molecule has 0 aliphatic heterocycles. The monoisotopic (exact) mass is 412 g/mol. The van der Waals surface area contributed by atoms with Crippen molar-refractivity contribution >= 4 is 46.3 Å². The number of hydrogen-bond donors (Lipinski definition) is 2. The van der Waals surface area contributed by atoms with Crippen LogP contribution in [0.3, 0.4) is 0 Å². The summed E-state index contributed by atoms with van der Waals surface area (Å²) in [5.41, 5.74) is 7.89. The van der Waals surface area contributed by atoms with Crippen LogP contribution in [-0.2, 0) is 0 Å². The second-order valence-electron chi connectivity index (χ2n) is 6.52. The third kappa shape index (κ3) is 3.74. The minimum Gasteiger partial charge on any atom is -0.390 e. The van der Waals surface area contributed by atoms with Gasteiger partial charge >= 0.3 is 0 Å². The highest BCUT2D eigenvalue weighted by Gasteiger charge is 2.23. The molecule has 0 bridgehead atoms. The molecule has 0 spiro atoms. The Labute approximate surface area is 172 Å². The molecule has 1 fully saturated rings. The van der Waals surface area contributed by atoms with Crippen LogP contribution >= 0.6 is 23.2 Å². The number of aromatic nitrogens is 3. The van der Waals surface area contributed by atoms with Crippen molar-refractivity contribution < 1.29 is 0 Å². The summed E-state index contributed by atoms with van der Waals surface area (Å²) in [5.74, 6) is 1.70. The quantitative estimate of drug-likeness (QED) is 0.341. The highest BCUT2D eigenvalue weighted by atomic mass is 35.5. The van der Waals surface area contributed by atoms with Crippen LogP contribution in [0, 0.1) is 5.92 Å². The Morgan fingerprint density at radius 3 is 2.71 bits per heavy atom. The first-order valence-corrected chi connectivity index (χ1v) is 9.53. The normalized spacial score (nSPS) is 14.7. The van der Waals surface area contributed by atoms with Crippen LogP contribution in [0.5, 0.6) is 0 Å². The van der Waals surface area contributed by atoms with Gasteiger partial charge in [-0.2, -0.15) is 5.10 Å². The van der Waals surface area contributed by atoms with Gasteiger partial charge in [-0.05, 0) is 48.6 Å². The molecule has 4 rings (SSSR count). The summed E-state index contributed by atoms with van der Waals surface area (Å²) in [4.78, 5) is 8.64. The summed E-state index contributed by atoms with van der Waals surface area (Å²) in [6, 6.07) is 7.15. The zero-order valence-corrected chi connectivity index (χ0v) is 16.5. The Hall–Kier alpha value is -2.83. The van der Waals surface area contributed by atoms with E-state index in [2.05, 4.69) is 27.0 Å². The Bertz CT molecular complexity index is 1090. The topological polar surface area (TPSA) is 81.1 Å². The molecule has 1 aliphatic rings. The largest absolute Gasteiger partial charge is 0.390 e. The lowest BCUT2D eigenvalue weighted by Crippen LogP contribution is -2.03. The predicted octanol–water partition coefficient (Wildman–Crippen LogP) is 4.93. The molecule has 3 N–H and O–H groups in total. The molecule has 28 heavy (non-hydrogen) atoms. The van der Waals surface area contributed by atoms with Gasteiger partial charge < -0.3 is 11.1 Å². The standard InChI is InChI=1S/C20H18Cl2N6/c1-12(13-5-6-13)9-18(25-11-23)26-20-14-10-28(27-17(14)7-8-24-20)19-15(21)3-2-4-16(19)22/h2-4,7-11,13H,1,5-6H2,(H2,23,25)(H,24,26)/b18-9+. The molecule has 0 atom stereocenters. The molecular formula is C20H18Cl2N6. The van der Waals surface area contributed by atoms with Gasteiger partial charge in [0.05, 0.1) is 27.3 Å². The second kappa shape index (κ2) is 7.66. The van der Waals surface area contributed by atoms with Crippen LogP contribution < -0.4 is 11.1 Å². The number of aliphatic imine (C=N–C) groups is 1. The fourth-order valence-electron chi connectivity index (χ4n) is 2.92. The van der Waals surface area contributed by atoms with Gasteiger partial charge in [0.2, 0.25) is 0 Å². The number of para-hydroxylation sites is 1. The van der Waals surface area contributed by atoms with Gasteiger partial charge in [-0.1, -0.05) is 35.8 Å². The fourth-order valence-corrected chi connectivity index (χ4v) is 3.49. The van der Waals surface area contributed by atoms with E-state index in [0.29, 0.717) is 33.3 Å². The molecule has 2 heterocycles. The van der Waals surface area contributed by atoms with Gasteiger partial charge in [-0.25, -0.2) is 14.7 Å². The van der Waals surface area contributed by atoms with E-state index >= 15 is 0 Å². The van der Waals surface area contributed by atoms with E-state index in [1.807, 2.05) is 18.3 Å². The van der Waals surface area contributed by atoms with Crippen LogP contribution in [0.2, 0.25) is 10.0 Å². The van der Waals surface area contributed by atoms with Crippen LogP contribution in [0.1, 0.15) is 12.8 Å². The molecule has 6 nitrogen and oxygen atoms in total. The van der Waals surface area contributed by atoms with Crippen molar-refractivity contribution in [2.45, 2.75) is 12.8 Å². The second-order valence-corrected chi connectivity index (χ2v) is 7.33. The number of hydrogen-bond acceptors (Lipinski definition) is 4. The summed E-state index contributed by atoms with van der Waals surface area (Å²) >= 11 is 12.6. The summed E-state index contributed by atoms with van der Waals surface area (Å²) in [6.45, 7) is 4.11. The molecular weight excluding hydrogens is 395 g/mol.